The number of aromatic nitrogens is 1. The number of pyridine rings is 1. The van der Waals surface area contributed by atoms with Gasteiger partial charge in [-0.05, 0) is 72.9 Å². The average molecular weight is 497 g/mol. The zero-order valence-corrected chi connectivity index (χ0v) is 20.2. The molecule has 1 N–H and O–H groups in total. The molecule has 2 aromatic heterocycles. The highest BCUT2D eigenvalue weighted by molar-refractivity contribution is 6.07. The second kappa shape index (κ2) is 9.46. The molecule has 0 fully saturated rings. The van der Waals surface area contributed by atoms with Crippen LogP contribution in [-0.4, -0.2) is 30.3 Å². The Morgan fingerprint density at radius 3 is 2.81 bits per heavy atom. The molecule has 2 aromatic carbocycles. The number of carbonyl (C=O) groups is 2. The monoisotopic (exact) mass is 496 g/mol. The number of para-hydroxylation sites is 1. The molecule has 1 aliphatic heterocycles. The van der Waals surface area contributed by atoms with E-state index >= 15 is 0 Å². The maximum absolute atomic E-state index is 13.3. The van der Waals surface area contributed by atoms with E-state index in [1.807, 2.05) is 67.6 Å². The summed E-state index contributed by atoms with van der Waals surface area (Å²) in [6.07, 6.45) is 4.95. The van der Waals surface area contributed by atoms with Gasteiger partial charge in [-0.25, -0.2) is 9.78 Å². The third-order valence-corrected chi connectivity index (χ3v) is 6.61. The smallest absolute Gasteiger partial charge is 0.339 e. The van der Waals surface area contributed by atoms with Gasteiger partial charge in [0.15, 0.2) is 18.1 Å². The minimum atomic E-state index is -0.542. The van der Waals surface area contributed by atoms with E-state index in [0.29, 0.717) is 34.4 Å². The van der Waals surface area contributed by atoms with Gasteiger partial charge in [-0.2, -0.15) is 0 Å². The normalized spacial score (nSPS) is 15.5. The summed E-state index contributed by atoms with van der Waals surface area (Å²) in [5, 5.41) is 3.58. The van der Waals surface area contributed by atoms with Crippen LogP contribution in [0.5, 0.6) is 11.5 Å². The van der Waals surface area contributed by atoms with Crippen molar-refractivity contribution < 1.29 is 28.2 Å². The maximum Gasteiger partial charge on any atom is 0.339 e. The van der Waals surface area contributed by atoms with Crippen molar-refractivity contribution in [1.82, 2.24) is 10.3 Å². The molecule has 8 nitrogen and oxygen atoms in total. The summed E-state index contributed by atoms with van der Waals surface area (Å²) >= 11 is 0. The Morgan fingerprint density at radius 2 is 1.95 bits per heavy atom. The number of nitrogens with one attached hydrogen (secondary N) is 1. The van der Waals surface area contributed by atoms with E-state index in [1.165, 1.54) is 0 Å². The van der Waals surface area contributed by atoms with Gasteiger partial charge in [-0.3, -0.25) is 4.79 Å². The zero-order valence-electron chi connectivity index (χ0n) is 20.2. The molecule has 3 heterocycles. The summed E-state index contributed by atoms with van der Waals surface area (Å²) in [5.41, 5.74) is 4.61. The van der Waals surface area contributed by atoms with Gasteiger partial charge in [0.2, 0.25) is 6.79 Å². The lowest BCUT2D eigenvalue weighted by Crippen LogP contribution is -2.31. The largest absolute Gasteiger partial charge is 0.465 e. The minimum absolute atomic E-state index is 0.184. The van der Waals surface area contributed by atoms with E-state index in [2.05, 4.69) is 5.32 Å². The van der Waals surface area contributed by atoms with Crippen molar-refractivity contribution in [2.24, 2.45) is 0 Å². The van der Waals surface area contributed by atoms with Crippen molar-refractivity contribution in [3.05, 3.63) is 89.0 Å². The van der Waals surface area contributed by atoms with Gasteiger partial charge in [0.25, 0.3) is 5.91 Å². The first-order valence-corrected chi connectivity index (χ1v) is 12.1. The SMILES string of the molecule is CC(NC(=O)COC(=O)c1c2c(nc3ccccc13)/C(=C/c1ccco1)CC2)c1ccc2c(c1)OCO2. The lowest BCUT2D eigenvalue weighted by molar-refractivity contribution is -0.124. The number of ether oxygens (including phenoxy) is 3. The Balaban J connectivity index is 1.20. The number of carbonyl (C=O) groups excluding carboxylic acids is 2. The third kappa shape index (κ3) is 4.42. The van der Waals surface area contributed by atoms with Gasteiger partial charge in [-0.1, -0.05) is 24.3 Å². The number of benzene rings is 2. The van der Waals surface area contributed by atoms with Crippen molar-refractivity contribution in [2.45, 2.75) is 25.8 Å². The van der Waals surface area contributed by atoms with E-state index in [-0.39, 0.29) is 12.8 Å². The van der Waals surface area contributed by atoms with Crippen LogP contribution in [0.25, 0.3) is 22.6 Å². The second-order valence-electron chi connectivity index (χ2n) is 8.99. The van der Waals surface area contributed by atoms with Crippen molar-refractivity contribution in [3.8, 4) is 11.5 Å². The highest BCUT2D eigenvalue weighted by Gasteiger charge is 2.28. The number of fused-ring (bicyclic) bond motifs is 3. The summed E-state index contributed by atoms with van der Waals surface area (Å²) in [6, 6.07) is 16.4. The standard InChI is InChI=1S/C29H24N2O6/c1-17(18-9-11-24-25(14-18)37-16-36-24)30-26(32)15-35-29(33)27-21-6-2-3-7-23(21)31-28-19(8-10-22(27)28)13-20-5-4-12-34-20/h2-7,9,11-14,17H,8,10,15-16H2,1H3,(H,30,32)/b19-13+. The summed E-state index contributed by atoms with van der Waals surface area (Å²) in [4.78, 5) is 30.8. The van der Waals surface area contributed by atoms with Gasteiger partial charge in [0.05, 0.1) is 29.1 Å². The topological polar surface area (TPSA) is 99.9 Å². The first kappa shape index (κ1) is 22.8. The molecule has 1 amide bonds. The molecule has 1 atom stereocenters. The molecule has 8 heteroatoms. The molecule has 0 saturated heterocycles. The Morgan fingerprint density at radius 1 is 1.08 bits per heavy atom. The lowest BCUT2D eigenvalue weighted by Gasteiger charge is -2.16. The van der Waals surface area contributed by atoms with Gasteiger partial charge in [-0.15, -0.1) is 0 Å². The summed E-state index contributed by atoms with van der Waals surface area (Å²) in [5.74, 6) is 1.11. The van der Waals surface area contributed by atoms with E-state index in [9.17, 15) is 9.59 Å². The number of hydrogen-bond donors (Lipinski definition) is 1. The number of rotatable bonds is 6. The van der Waals surface area contributed by atoms with E-state index < -0.39 is 18.5 Å². The van der Waals surface area contributed by atoms with Crippen LogP contribution in [0.3, 0.4) is 0 Å². The molecule has 37 heavy (non-hydrogen) atoms. The fourth-order valence-electron chi connectivity index (χ4n) is 4.81. The fraction of sp³-hybridized carbons (Fsp3) is 0.207. The highest BCUT2D eigenvalue weighted by atomic mass is 16.7. The molecule has 0 radical (unpaired) electrons. The second-order valence-corrected chi connectivity index (χ2v) is 8.99. The van der Waals surface area contributed by atoms with Gasteiger partial charge >= 0.3 is 5.97 Å². The average Bonchev–Trinajstić information content (AvgIpc) is 3.67. The summed E-state index contributed by atoms with van der Waals surface area (Å²) in [7, 11) is 0. The van der Waals surface area contributed by atoms with E-state index in [4.69, 9.17) is 23.6 Å². The van der Waals surface area contributed by atoms with Crippen LogP contribution < -0.4 is 14.8 Å². The molecular weight excluding hydrogens is 472 g/mol. The number of hydrogen-bond acceptors (Lipinski definition) is 7. The Labute approximate surface area is 212 Å². The van der Waals surface area contributed by atoms with Crippen molar-refractivity contribution in [3.63, 3.8) is 0 Å². The van der Waals surface area contributed by atoms with Crippen LogP contribution in [0.1, 0.15) is 52.3 Å². The molecule has 0 saturated carbocycles. The van der Waals surface area contributed by atoms with Crippen LogP contribution in [-0.2, 0) is 16.0 Å². The molecule has 6 rings (SSSR count). The number of nitrogens with zero attached hydrogens (tertiary/aromatic N) is 1. The molecule has 2 aliphatic rings. The lowest BCUT2D eigenvalue weighted by atomic mass is 10.0. The first-order chi connectivity index (χ1) is 18.1. The molecule has 1 aliphatic carbocycles. The molecule has 4 aromatic rings. The fourth-order valence-corrected chi connectivity index (χ4v) is 4.81. The number of esters is 1. The van der Waals surface area contributed by atoms with Crippen LogP contribution in [0.2, 0.25) is 0 Å². The maximum atomic E-state index is 13.3. The van der Waals surface area contributed by atoms with Crippen LogP contribution in [0, 0.1) is 0 Å². The van der Waals surface area contributed by atoms with Crippen LogP contribution >= 0.6 is 0 Å². The molecule has 186 valence electrons. The van der Waals surface area contributed by atoms with Crippen LogP contribution in [0.15, 0.2) is 65.3 Å². The Kier molecular flexibility index (Phi) is 5.84. The summed E-state index contributed by atoms with van der Waals surface area (Å²) in [6.45, 7) is 1.64. The summed E-state index contributed by atoms with van der Waals surface area (Å²) < 4.78 is 21.7. The Hall–Kier alpha value is -4.59. The van der Waals surface area contributed by atoms with Gasteiger partial charge in [0.1, 0.15) is 5.76 Å². The van der Waals surface area contributed by atoms with Gasteiger partial charge < -0.3 is 23.9 Å². The Bertz CT molecular complexity index is 1540. The van der Waals surface area contributed by atoms with Crippen molar-refractivity contribution in [1.29, 1.82) is 0 Å². The minimum Gasteiger partial charge on any atom is -0.465 e. The van der Waals surface area contributed by atoms with Crippen LogP contribution in [0.4, 0.5) is 0 Å². The highest BCUT2D eigenvalue weighted by Crippen LogP contribution is 2.38. The molecule has 1 unspecified atom stereocenters. The number of amides is 1. The third-order valence-electron chi connectivity index (χ3n) is 6.61. The van der Waals surface area contributed by atoms with Gasteiger partial charge in [0, 0.05) is 5.39 Å². The molecule has 0 spiro atoms. The van der Waals surface area contributed by atoms with E-state index in [1.54, 1.807) is 6.26 Å². The predicted octanol–water partition coefficient (Wildman–Crippen LogP) is 5.08. The van der Waals surface area contributed by atoms with Crippen molar-refractivity contribution in [2.75, 3.05) is 13.4 Å². The van der Waals surface area contributed by atoms with Crippen molar-refractivity contribution >= 4 is 34.4 Å². The van der Waals surface area contributed by atoms with E-state index in [0.717, 1.165) is 34.6 Å². The first-order valence-electron chi connectivity index (χ1n) is 12.1. The zero-order chi connectivity index (χ0) is 25.4. The predicted molar refractivity (Wildman–Crippen MR) is 136 cm³/mol. The molecular formula is C29H24N2O6. The number of allylic oxidation sites excluding steroid dienone is 1. The number of furan rings is 1. The molecule has 0 bridgehead atoms. The quantitative estimate of drug-likeness (QED) is 0.372.